The lowest BCUT2D eigenvalue weighted by atomic mass is 10.2. The van der Waals surface area contributed by atoms with Crippen LogP contribution in [-0.4, -0.2) is 22.6 Å². The second-order valence-corrected chi connectivity index (χ2v) is 6.01. The molecule has 0 unspecified atom stereocenters. The van der Waals surface area contributed by atoms with Gasteiger partial charge in [-0.15, -0.1) is 10.2 Å². The van der Waals surface area contributed by atoms with Crippen LogP contribution in [0.5, 0.6) is 0 Å². The van der Waals surface area contributed by atoms with E-state index in [9.17, 15) is 4.79 Å². The number of aromatic nitrogens is 2. The van der Waals surface area contributed by atoms with Crippen LogP contribution >= 0.6 is 0 Å². The number of carbonyl (C=O) groups excluding carboxylic acids is 1. The highest BCUT2D eigenvalue weighted by Crippen LogP contribution is 2.19. The Bertz CT molecular complexity index is 992. The van der Waals surface area contributed by atoms with Crippen molar-refractivity contribution in [2.45, 2.75) is 13.8 Å². The number of rotatable bonds is 5. The van der Waals surface area contributed by atoms with Crippen LogP contribution in [0.4, 0.5) is 17.2 Å². The molecule has 0 aliphatic carbocycles. The maximum absolute atomic E-state index is 12.8. The molecule has 0 aliphatic rings. The maximum Gasteiger partial charge on any atom is 0.278 e. The standard InChI is InChI=1S/C21H19N5O/c1-3-26(18-9-4-6-15(2)12-18)21(27)19-10-11-20(25-24-19)23-17-8-5-7-16(13-17)14-22/h4-13H,3H2,1-2H3,(H,23,25). The van der Waals surface area contributed by atoms with Gasteiger partial charge in [0.1, 0.15) is 0 Å². The lowest BCUT2D eigenvalue weighted by molar-refractivity contribution is 0.0982. The molecule has 6 nitrogen and oxygen atoms in total. The maximum atomic E-state index is 12.8. The van der Waals surface area contributed by atoms with Crippen LogP contribution in [0.1, 0.15) is 28.5 Å². The fourth-order valence-electron chi connectivity index (χ4n) is 2.70. The van der Waals surface area contributed by atoms with Crippen LogP contribution in [0.15, 0.2) is 60.7 Å². The Morgan fingerprint density at radius 1 is 1.11 bits per heavy atom. The van der Waals surface area contributed by atoms with Gasteiger partial charge in [0.25, 0.3) is 5.91 Å². The van der Waals surface area contributed by atoms with Gasteiger partial charge < -0.3 is 10.2 Å². The first-order chi connectivity index (χ1) is 13.1. The smallest absolute Gasteiger partial charge is 0.278 e. The van der Waals surface area contributed by atoms with E-state index < -0.39 is 0 Å². The van der Waals surface area contributed by atoms with Crippen LogP contribution in [0.3, 0.4) is 0 Å². The molecular formula is C21H19N5O. The minimum atomic E-state index is -0.200. The molecule has 0 saturated carbocycles. The summed E-state index contributed by atoms with van der Waals surface area (Å²) in [4.78, 5) is 14.5. The van der Waals surface area contributed by atoms with Crippen molar-refractivity contribution in [2.75, 3.05) is 16.8 Å². The Kier molecular flexibility index (Phi) is 5.43. The van der Waals surface area contributed by atoms with Crippen molar-refractivity contribution in [3.63, 3.8) is 0 Å². The van der Waals surface area contributed by atoms with Gasteiger partial charge in [-0.3, -0.25) is 4.79 Å². The molecule has 0 radical (unpaired) electrons. The first-order valence-electron chi connectivity index (χ1n) is 8.60. The third kappa shape index (κ3) is 4.28. The Balaban J connectivity index is 1.77. The number of anilines is 3. The minimum Gasteiger partial charge on any atom is -0.339 e. The van der Waals surface area contributed by atoms with E-state index in [1.807, 2.05) is 44.2 Å². The Morgan fingerprint density at radius 3 is 2.59 bits per heavy atom. The van der Waals surface area contributed by atoms with Gasteiger partial charge in [0.2, 0.25) is 0 Å². The summed E-state index contributed by atoms with van der Waals surface area (Å²) in [7, 11) is 0. The number of benzene rings is 2. The quantitative estimate of drug-likeness (QED) is 0.744. The summed E-state index contributed by atoms with van der Waals surface area (Å²) in [5.74, 6) is 0.300. The number of hydrogen-bond acceptors (Lipinski definition) is 5. The number of hydrogen-bond donors (Lipinski definition) is 1. The van der Waals surface area contributed by atoms with Crippen molar-refractivity contribution in [3.8, 4) is 6.07 Å². The van der Waals surface area contributed by atoms with E-state index in [0.29, 0.717) is 17.9 Å². The van der Waals surface area contributed by atoms with Gasteiger partial charge in [0, 0.05) is 17.9 Å². The molecule has 1 heterocycles. The third-order valence-corrected chi connectivity index (χ3v) is 4.02. The van der Waals surface area contributed by atoms with E-state index in [1.165, 1.54) is 0 Å². The Hall–Kier alpha value is -3.72. The predicted octanol–water partition coefficient (Wildman–Crippen LogP) is 4.07. The molecule has 0 bridgehead atoms. The van der Waals surface area contributed by atoms with Gasteiger partial charge >= 0.3 is 0 Å². The SMILES string of the molecule is CCN(C(=O)c1ccc(Nc2cccc(C#N)c2)nn1)c1cccc(C)c1. The van der Waals surface area contributed by atoms with E-state index in [4.69, 9.17) is 5.26 Å². The number of nitrogens with zero attached hydrogens (tertiary/aromatic N) is 4. The molecule has 0 atom stereocenters. The number of amides is 1. The molecule has 134 valence electrons. The van der Waals surface area contributed by atoms with Gasteiger partial charge in [-0.05, 0) is 61.9 Å². The topological polar surface area (TPSA) is 81.9 Å². The van der Waals surface area contributed by atoms with Crippen molar-refractivity contribution in [1.29, 1.82) is 5.26 Å². The Labute approximate surface area is 158 Å². The van der Waals surface area contributed by atoms with Gasteiger partial charge in [-0.2, -0.15) is 5.26 Å². The molecule has 6 heteroatoms. The predicted molar refractivity (Wildman–Crippen MR) is 105 cm³/mol. The summed E-state index contributed by atoms with van der Waals surface area (Å²) in [6.07, 6.45) is 0. The second kappa shape index (κ2) is 8.11. The van der Waals surface area contributed by atoms with E-state index >= 15 is 0 Å². The van der Waals surface area contributed by atoms with Crippen molar-refractivity contribution < 1.29 is 4.79 Å². The van der Waals surface area contributed by atoms with Crippen molar-refractivity contribution in [2.24, 2.45) is 0 Å². The van der Waals surface area contributed by atoms with Gasteiger partial charge in [-0.1, -0.05) is 18.2 Å². The van der Waals surface area contributed by atoms with Crippen LogP contribution < -0.4 is 10.2 Å². The van der Waals surface area contributed by atoms with E-state index in [2.05, 4.69) is 21.6 Å². The first-order valence-corrected chi connectivity index (χ1v) is 8.60. The molecule has 27 heavy (non-hydrogen) atoms. The molecule has 1 N–H and O–H groups in total. The van der Waals surface area contributed by atoms with Crippen LogP contribution in [0.25, 0.3) is 0 Å². The van der Waals surface area contributed by atoms with Gasteiger partial charge in [-0.25, -0.2) is 0 Å². The molecule has 0 fully saturated rings. The molecule has 0 spiro atoms. The number of carbonyl (C=O) groups is 1. The highest BCUT2D eigenvalue weighted by molar-refractivity contribution is 6.04. The lowest BCUT2D eigenvalue weighted by Gasteiger charge is -2.20. The number of nitrogens with one attached hydrogen (secondary N) is 1. The second-order valence-electron chi connectivity index (χ2n) is 6.01. The lowest BCUT2D eigenvalue weighted by Crippen LogP contribution is -2.31. The van der Waals surface area contributed by atoms with Crippen molar-refractivity contribution >= 4 is 23.1 Å². The molecule has 2 aromatic carbocycles. The zero-order valence-electron chi connectivity index (χ0n) is 15.2. The number of aryl methyl sites for hydroxylation is 1. The monoisotopic (exact) mass is 357 g/mol. The summed E-state index contributed by atoms with van der Waals surface area (Å²) in [6, 6.07) is 20.3. The molecule has 1 aromatic heterocycles. The molecule has 3 aromatic rings. The highest BCUT2D eigenvalue weighted by Gasteiger charge is 2.18. The molecular weight excluding hydrogens is 338 g/mol. The third-order valence-electron chi connectivity index (χ3n) is 4.02. The first kappa shape index (κ1) is 18.1. The van der Waals surface area contributed by atoms with E-state index in [1.54, 1.807) is 35.2 Å². The van der Waals surface area contributed by atoms with Gasteiger partial charge in [0.15, 0.2) is 11.5 Å². The van der Waals surface area contributed by atoms with E-state index in [0.717, 1.165) is 16.9 Å². The van der Waals surface area contributed by atoms with E-state index in [-0.39, 0.29) is 11.6 Å². The summed E-state index contributed by atoms with van der Waals surface area (Å²) in [5.41, 5.74) is 3.48. The molecule has 0 aliphatic heterocycles. The van der Waals surface area contributed by atoms with Crippen LogP contribution in [-0.2, 0) is 0 Å². The Morgan fingerprint density at radius 2 is 1.93 bits per heavy atom. The van der Waals surface area contributed by atoms with Crippen molar-refractivity contribution in [3.05, 3.63) is 77.5 Å². The van der Waals surface area contributed by atoms with Crippen LogP contribution in [0.2, 0.25) is 0 Å². The average Bonchev–Trinajstić information content (AvgIpc) is 2.69. The summed E-state index contributed by atoms with van der Waals surface area (Å²) in [6.45, 7) is 4.44. The molecule has 0 saturated heterocycles. The summed E-state index contributed by atoms with van der Waals surface area (Å²) in [5, 5.41) is 20.2. The van der Waals surface area contributed by atoms with Crippen molar-refractivity contribution in [1.82, 2.24) is 10.2 Å². The summed E-state index contributed by atoms with van der Waals surface area (Å²) < 4.78 is 0. The zero-order valence-corrected chi connectivity index (χ0v) is 15.2. The van der Waals surface area contributed by atoms with Crippen LogP contribution in [0, 0.1) is 18.3 Å². The fourth-order valence-corrected chi connectivity index (χ4v) is 2.70. The molecule has 1 amide bonds. The molecule has 3 rings (SSSR count). The minimum absolute atomic E-state index is 0.200. The van der Waals surface area contributed by atoms with Gasteiger partial charge in [0.05, 0.1) is 11.6 Å². The normalized spacial score (nSPS) is 10.1. The average molecular weight is 357 g/mol. The summed E-state index contributed by atoms with van der Waals surface area (Å²) >= 11 is 0. The number of nitriles is 1. The largest absolute Gasteiger partial charge is 0.339 e. The zero-order chi connectivity index (χ0) is 19.2. The highest BCUT2D eigenvalue weighted by atomic mass is 16.2. The fraction of sp³-hybridized carbons (Fsp3) is 0.143.